The first-order valence-electron chi connectivity index (χ1n) is 9.26. The number of aromatic nitrogens is 1. The fourth-order valence-electron chi connectivity index (χ4n) is 3.04. The van der Waals surface area contributed by atoms with Gasteiger partial charge in [-0.1, -0.05) is 36.4 Å². The maximum absolute atomic E-state index is 13.1. The number of para-hydroxylation sites is 1. The van der Waals surface area contributed by atoms with Gasteiger partial charge in [-0.3, -0.25) is 4.79 Å². The lowest BCUT2D eigenvalue weighted by Crippen LogP contribution is -2.28. The normalized spacial score (nSPS) is 11.6. The number of hydrogen-bond donors (Lipinski definition) is 1. The summed E-state index contributed by atoms with van der Waals surface area (Å²) in [6, 6.07) is 15.5. The zero-order valence-electron chi connectivity index (χ0n) is 15.8. The Kier molecular flexibility index (Phi) is 6.49. The molecule has 3 aromatic rings. The van der Waals surface area contributed by atoms with Crippen LogP contribution in [0.5, 0.6) is 0 Å². The predicted molar refractivity (Wildman–Crippen MR) is 108 cm³/mol. The minimum atomic E-state index is -3.68. The zero-order valence-corrected chi connectivity index (χ0v) is 16.6. The summed E-state index contributed by atoms with van der Waals surface area (Å²) in [7, 11) is -3.68. The number of amides is 1. The maximum Gasteiger partial charge on any atom is 0.239 e. The van der Waals surface area contributed by atoms with E-state index in [0.717, 1.165) is 6.42 Å². The van der Waals surface area contributed by atoms with Crippen molar-refractivity contribution in [2.24, 2.45) is 0 Å². The summed E-state index contributed by atoms with van der Waals surface area (Å²) in [4.78, 5) is 12.7. The minimum Gasteiger partial charge on any atom is -0.382 e. The standard InChI is InChI=1S/C21H24N2O4S/c1-2-27-14-8-13-22-21(24)16-23-15-20(18-11-6-7-12-19(18)23)28(25,26)17-9-4-3-5-10-17/h3-7,9-12,15H,2,8,13-14,16H2,1H3,(H,22,24). The fraction of sp³-hybridized carbons (Fsp3) is 0.286. The van der Waals surface area contributed by atoms with Crippen LogP contribution < -0.4 is 5.32 Å². The second-order valence-corrected chi connectivity index (χ2v) is 8.27. The topological polar surface area (TPSA) is 77.4 Å². The van der Waals surface area contributed by atoms with Gasteiger partial charge < -0.3 is 14.6 Å². The van der Waals surface area contributed by atoms with Gasteiger partial charge >= 0.3 is 0 Å². The van der Waals surface area contributed by atoms with Gasteiger partial charge in [-0.25, -0.2) is 8.42 Å². The van der Waals surface area contributed by atoms with Gasteiger partial charge in [-0.05, 0) is 31.5 Å². The molecule has 0 aliphatic rings. The van der Waals surface area contributed by atoms with Crippen molar-refractivity contribution in [2.45, 2.75) is 29.7 Å². The molecule has 3 rings (SSSR count). The van der Waals surface area contributed by atoms with Crippen molar-refractivity contribution >= 4 is 26.6 Å². The first kappa shape index (κ1) is 20.1. The molecule has 0 saturated heterocycles. The summed E-state index contributed by atoms with van der Waals surface area (Å²) in [6.07, 6.45) is 2.28. The Labute approximate surface area is 165 Å². The average molecular weight is 401 g/mol. The van der Waals surface area contributed by atoms with Crippen LogP contribution >= 0.6 is 0 Å². The van der Waals surface area contributed by atoms with E-state index in [-0.39, 0.29) is 22.2 Å². The predicted octanol–water partition coefficient (Wildman–Crippen LogP) is 3.02. The van der Waals surface area contributed by atoms with E-state index in [0.29, 0.717) is 30.7 Å². The van der Waals surface area contributed by atoms with Gasteiger partial charge in [-0.2, -0.15) is 0 Å². The fourth-order valence-corrected chi connectivity index (χ4v) is 4.54. The third-order valence-corrected chi connectivity index (χ3v) is 6.20. The number of fused-ring (bicyclic) bond motifs is 1. The number of ether oxygens (including phenoxy) is 1. The molecule has 6 nitrogen and oxygen atoms in total. The Morgan fingerprint density at radius 1 is 1.07 bits per heavy atom. The Balaban J connectivity index is 1.84. The third kappa shape index (κ3) is 4.43. The van der Waals surface area contributed by atoms with Crippen molar-refractivity contribution < 1.29 is 17.9 Å². The molecule has 28 heavy (non-hydrogen) atoms. The maximum atomic E-state index is 13.1. The van der Waals surface area contributed by atoms with Crippen LogP contribution in [0.1, 0.15) is 13.3 Å². The smallest absolute Gasteiger partial charge is 0.239 e. The highest BCUT2D eigenvalue weighted by Gasteiger charge is 2.23. The molecule has 148 valence electrons. The van der Waals surface area contributed by atoms with Crippen LogP contribution in [-0.4, -0.2) is 38.7 Å². The lowest BCUT2D eigenvalue weighted by Gasteiger charge is -2.07. The van der Waals surface area contributed by atoms with Crippen LogP contribution in [0.15, 0.2) is 70.6 Å². The van der Waals surface area contributed by atoms with E-state index >= 15 is 0 Å². The summed E-state index contributed by atoms with van der Waals surface area (Å²) >= 11 is 0. The Hall–Kier alpha value is -2.64. The molecule has 1 aromatic heterocycles. The summed E-state index contributed by atoms with van der Waals surface area (Å²) < 4.78 is 33.1. The van der Waals surface area contributed by atoms with Crippen LogP contribution in [0, 0.1) is 0 Å². The van der Waals surface area contributed by atoms with E-state index in [4.69, 9.17) is 4.74 Å². The van der Waals surface area contributed by atoms with Crippen molar-refractivity contribution in [1.29, 1.82) is 0 Å². The number of rotatable bonds is 9. The highest BCUT2D eigenvalue weighted by atomic mass is 32.2. The molecule has 0 aliphatic carbocycles. The molecule has 0 aliphatic heterocycles. The van der Waals surface area contributed by atoms with Crippen molar-refractivity contribution in [1.82, 2.24) is 9.88 Å². The number of nitrogens with one attached hydrogen (secondary N) is 1. The molecule has 1 amide bonds. The van der Waals surface area contributed by atoms with Crippen LogP contribution in [-0.2, 0) is 25.9 Å². The Bertz CT molecular complexity index is 1040. The molecule has 1 heterocycles. The lowest BCUT2D eigenvalue weighted by molar-refractivity contribution is -0.121. The van der Waals surface area contributed by atoms with E-state index in [2.05, 4.69) is 5.32 Å². The van der Waals surface area contributed by atoms with E-state index in [1.807, 2.05) is 19.1 Å². The summed E-state index contributed by atoms with van der Waals surface area (Å²) in [5.74, 6) is -0.166. The van der Waals surface area contributed by atoms with E-state index in [1.165, 1.54) is 0 Å². The highest BCUT2D eigenvalue weighted by molar-refractivity contribution is 7.91. The molecule has 7 heteroatoms. The summed E-state index contributed by atoms with van der Waals surface area (Å²) in [5, 5.41) is 3.45. The van der Waals surface area contributed by atoms with E-state index in [1.54, 1.807) is 53.2 Å². The molecular weight excluding hydrogens is 376 g/mol. The number of carbonyl (C=O) groups excluding carboxylic acids is 1. The number of sulfone groups is 1. The number of nitrogens with zero attached hydrogens (tertiary/aromatic N) is 1. The largest absolute Gasteiger partial charge is 0.382 e. The zero-order chi connectivity index (χ0) is 20.0. The summed E-state index contributed by atoms with van der Waals surface area (Å²) in [6.45, 7) is 3.76. The minimum absolute atomic E-state index is 0.0550. The molecule has 0 spiro atoms. The lowest BCUT2D eigenvalue weighted by atomic mass is 10.2. The molecule has 0 atom stereocenters. The molecule has 2 aromatic carbocycles. The van der Waals surface area contributed by atoms with Crippen molar-refractivity contribution in [2.75, 3.05) is 19.8 Å². The SMILES string of the molecule is CCOCCCNC(=O)Cn1cc(S(=O)(=O)c2ccccc2)c2ccccc21. The molecule has 0 fully saturated rings. The highest BCUT2D eigenvalue weighted by Crippen LogP contribution is 2.30. The van der Waals surface area contributed by atoms with Gasteiger partial charge in [0.1, 0.15) is 6.54 Å². The van der Waals surface area contributed by atoms with E-state index < -0.39 is 9.84 Å². The van der Waals surface area contributed by atoms with Crippen LogP contribution in [0.2, 0.25) is 0 Å². The van der Waals surface area contributed by atoms with Crippen LogP contribution in [0.4, 0.5) is 0 Å². The van der Waals surface area contributed by atoms with Gasteiger partial charge in [0.2, 0.25) is 15.7 Å². The van der Waals surface area contributed by atoms with Crippen LogP contribution in [0.3, 0.4) is 0 Å². The van der Waals surface area contributed by atoms with Gasteiger partial charge in [0.15, 0.2) is 0 Å². The monoisotopic (exact) mass is 400 g/mol. The average Bonchev–Trinajstić information content (AvgIpc) is 3.08. The Morgan fingerprint density at radius 2 is 1.79 bits per heavy atom. The molecule has 0 unspecified atom stereocenters. The number of carbonyl (C=O) groups is 1. The van der Waals surface area contributed by atoms with Gasteiger partial charge in [0, 0.05) is 36.9 Å². The second kappa shape index (κ2) is 9.03. The van der Waals surface area contributed by atoms with Gasteiger partial charge in [0.25, 0.3) is 0 Å². The van der Waals surface area contributed by atoms with Gasteiger partial charge in [-0.15, -0.1) is 0 Å². The molecule has 0 saturated carbocycles. The summed E-state index contributed by atoms with van der Waals surface area (Å²) in [5.41, 5.74) is 0.710. The third-order valence-electron chi connectivity index (χ3n) is 4.40. The molecular formula is C21H24N2O4S. The van der Waals surface area contributed by atoms with E-state index in [9.17, 15) is 13.2 Å². The second-order valence-electron chi connectivity index (χ2n) is 6.36. The van der Waals surface area contributed by atoms with Crippen molar-refractivity contribution in [3.63, 3.8) is 0 Å². The molecule has 1 N–H and O–H groups in total. The van der Waals surface area contributed by atoms with Gasteiger partial charge in [0.05, 0.1) is 9.79 Å². The molecule has 0 radical (unpaired) electrons. The molecule has 0 bridgehead atoms. The first-order chi connectivity index (χ1) is 13.5. The van der Waals surface area contributed by atoms with Crippen molar-refractivity contribution in [3.05, 3.63) is 60.8 Å². The number of benzene rings is 2. The quantitative estimate of drug-likeness (QED) is 0.560. The van der Waals surface area contributed by atoms with Crippen molar-refractivity contribution in [3.8, 4) is 0 Å². The van der Waals surface area contributed by atoms with Crippen LogP contribution in [0.25, 0.3) is 10.9 Å². The first-order valence-corrected chi connectivity index (χ1v) is 10.7. The Morgan fingerprint density at radius 3 is 2.54 bits per heavy atom. The number of hydrogen-bond acceptors (Lipinski definition) is 4.